The number of hydrogen-bond acceptors (Lipinski definition) is 3. The molecule has 1 N–H and O–H groups in total. The molecule has 0 heterocycles. The summed E-state index contributed by atoms with van der Waals surface area (Å²) in [5, 5.41) is 0. The predicted molar refractivity (Wildman–Crippen MR) is 90.7 cm³/mol. The van der Waals surface area contributed by atoms with E-state index in [2.05, 4.69) is 20.7 Å². The zero-order valence-electron chi connectivity index (χ0n) is 12.5. The van der Waals surface area contributed by atoms with Crippen LogP contribution in [0.2, 0.25) is 0 Å². The van der Waals surface area contributed by atoms with Crippen molar-refractivity contribution in [3.05, 3.63) is 58.1 Å². The minimum Gasteiger partial charge on any atom is -0.492 e. The molecule has 2 aromatic carbocycles. The van der Waals surface area contributed by atoms with E-state index in [-0.39, 0.29) is 18.0 Å². The highest BCUT2D eigenvalue weighted by Gasteiger charge is 2.13. The third-order valence-corrected chi connectivity index (χ3v) is 5.34. The summed E-state index contributed by atoms with van der Waals surface area (Å²) in [4.78, 5) is 0.238. The van der Waals surface area contributed by atoms with Gasteiger partial charge in [-0.05, 0) is 55.3 Å². The summed E-state index contributed by atoms with van der Waals surface area (Å²) in [6.45, 7) is 4.49. The second kappa shape index (κ2) is 7.26. The van der Waals surface area contributed by atoms with Gasteiger partial charge in [0.05, 0.1) is 4.90 Å². The van der Waals surface area contributed by atoms with Gasteiger partial charge < -0.3 is 4.74 Å². The molecule has 0 aliphatic carbocycles. The van der Waals surface area contributed by atoms with Crippen molar-refractivity contribution in [3.63, 3.8) is 0 Å². The molecule has 0 saturated heterocycles. The molecule has 0 saturated carbocycles. The fraction of sp³-hybridized carbons (Fsp3) is 0.250. The quantitative estimate of drug-likeness (QED) is 0.777. The maximum atomic E-state index is 12.1. The first-order valence-electron chi connectivity index (χ1n) is 6.84. The largest absolute Gasteiger partial charge is 0.492 e. The van der Waals surface area contributed by atoms with Crippen LogP contribution in [0.25, 0.3) is 0 Å². The summed E-state index contributed by atoms with van der Waals surface area (Å²) in [6.07, 6.45) is 0. The van der Waals surface area contributed by atoms with Crippen molar-refractivity contribution in [3.8, 4) is 5.75 Å². The van der Waals surface area contributed by atoms with E-state index in [1.165, 1.54) is 0 Å². The normalized spacial score (nSPS) is 11.4. The van der Waals surface area contributed by atoms with Crippen molar-refractivity contribution in [2.24, 2.45) is 0 Å². The third kappa shape index (κ3) is 4.32. The van der Waals surface area contributed by atoms with Crippen LogP contribution in [-0.2, 0) is 10.0 Å². The van der Waals surface area contributed by atoms with Crippen LogP contribution in [0, 0.1) is 13.8 Å². The molecular formula is C16H18BrNO3S. The van der Waals surface area contributed by atoms with Gasteiger partial charge in [-0.25, -0.2) is 13.1 Å². The van der Waals surface area contributed by atoms with Crippen LogP contribution < -0.4 is 9.46 Å². The highest BCUT2D eigenvalue weighted by atomic mass is 79.9. The molecule has 0 aliphatic rings. The Hall–Kier alpha value is -1.37. The lowest BCUT2D eigenvalue weighted by atomic mass is 10.1. The summed E-state index contributed by atoms with van der Waals surface area (Å²) >= 11 is 3.28. The first-order chi connectivity index (χ1) is 10.4. The maximum absolute atomic E-state index is 12.1. The summed E-state index contributed by atoms with van der Waals surface area (Å²) in [7, 11) is -3.50. The van der Waals surface area contributed by atoms with Gasteiger partial charge in [0.15, 0.2) is 0 Å². The highest BCUT2D eigenvalue weighted by Crippen LogP contribution is 2.20. The fourth-order valence-electron chi connectivity index (χ4n) is 1.91. The van der Waals surface area contributed by atoms with Crippen molar-refractivity contribution in [2.45, 2.75) is 18.7 Å². The molecule has 118 valence electrons. The molecule has 22 heavy (non-hydrogen) atoms. The molecule has 0 bridgehead atoms. The first-order valence-corrected chi connectivity index (χ1v) is 9.12. The van der Waals surface area contributed by atoms with E-state index in [0.717, 1.165) is 21.3 Å². The van der Waals surface area contributed by atoms with Crippen LogP contribution in [0.1, 0.15) is 11.1 Å². The molecule has 2 aromatic rings. The molecule has 4 nitrogen and oxygen atoms in total. The zero-order chi connectivity index (χ0) is 16.2. The van der Waals surface area contributed by atoms with Gasteiger partial charge in [0, 0.05) is 11.0 Å². The smallest absolute Gasteiger partial charge is 0.240 e. The van der Waals surface area contributed by atoms with E-state index < -0.39 is 10.0 Å². The highest BCUT2D eigenvalue weighted by molar-refractivity contribution is 9.10. The Labute approximate surface area is 139 Å². The number of ether oxygens (including phenoxy) is 1. The second-order valence-corrected chi connectivity index (χ2v) is 7.58. The Kier molecular flexibility index (Phi) is 5.61. The molecule has 0 atom stereocenters. The minimum absolute atomic E-state index is 0.214. The third-order valence-electron chi connectivity index (χ3n) is 3.33. The van der Waals surface area contributed by atoms with E-state index in [1.54, 1.807) is 24.3 Å². The van der Waals surface area contributed by atoms with Gasteiger partial charge in [-0.15, -0.1) is 0 Å². The number of hydrogen-bond donors (Lipinski definition) is 1. The fourth-order valence-corrected chi connectivity index (χ4v) is 3.19. The molecule has 0 fully saturated rings. The lowest BCUT2D eigenvalue weighted by Gasteiger charge is -2.11. The van der Waals surface area contributed by atoms with Crippen LogP contribution in [0.4, 0.5) is 0 Å². The van der Waals surface area contributed by atoms with Gasteiger partial charge >= 0.3 is 0 Å². The van der Waals surface area contributed by atoms with Gasteiger partial charge in [-0.3, -0.25) is 0 Å². The first kappa shape index (κ1) is 17.0. The van der Waals surface area contributed by atoms with Gasteiger partial charge in [-0.1, -0.05) is 28.1 Å². The molecule has 0 aromatic heterocycles. The Bertz CT molecular complexity index is 742. The number of sulfonamides is 1. The van der Waals surface area contributed by atoms with E-state index in [9.17, 15) is 8.42 Å². The standard InChI is InChI=1S/C16H18BrNO3S/c1-12-4-3-5-16(13(12)2)21-11-10-18-22(19,20)15-8-6-14(17)7-9-15/h3-9,18H,10-11H2,1-2H3. The molecule has 0 aliphatic heterocycles. The van der Waals surface area contributed by atoms with Gasteiger partial charge in [-0.2, -0.15) is 0 Å². The van der Waals surface area contributed by atoms with Crippen LogP contribution in [0.3, 0.4) is 0 Å². The predicted octanol–water partition coefficient (Wildman–Crippen LogP) is 3.42. The lowest BCUT2D eigenvalue weighted by Crippen LogP contribution is -2.28. The van der Waals surface area contributed by atoms with Crippen LogP contribution in [0.15, 0.2) is 51.8 Å². The van der Waals surface area contributed by atoms with E-state index in [0.29, 0.717) is 0 Å². The topological polar surface area (TPSA) is 55.4 Å². The van der Waals surface area contributed by atoms with Crippen molar-refractivity contribution < 1.29 is 13.2 Å². The molecule has 0 amide bonds. The van der Waals surface area contributed by atoms with Gasteiger partial charge in [0.25, 0.3) is 0 Å². The van der Waals surface area contributed by atoms with Crippen molar-refractivity contribution in [1.29, 1.82) is 0 Å². The Morgan fingerprint density at radius 2 is 1.77 bits per heavy atom. The van der Waals surface area contributed by atoms with Crippen molar-refractivity contribution >= 4 is 26.0 Å². The molecule has 6 heteroatoms. The summed E-state index contributed by atoms with van der Waals surface area (Å²) in [5.74, 6) is 0.780. The zero-order valence-corrected chi connectivity index (χ0v) is 14.9. The molecule has 0 spiro atoms. The Morgan fingerprint density at radius 3 is 2.45 bits per heavy atom. The van der Waals surface area contributed by atoms with Crippen LogP contribution in [-0.4, -0.2) is 21.6 Å². The molecular weight excluding hydrogens is 366 g/mol. The van der Waals surface area contributed by atoms with Gasteiger partial charge in [0.1, 0.15) is 12.4 Å². The van der Waals surface area contributed by atoms with E-state index in [4.69, 9.17) is 4.74 Å². The average Bonchev–Trinajstić information content (AvgIpc) is 2.48. The van der Waals surface area contributed by atoms with Crippen LogP contribution >= 0.6 is 15.9 Å². The Morgan fingerprint density at radius 1 is 1.09 bits per heavy atom. The molecule has 0 unspecified atom stereocenters. The number of aryl methyl sites for hydroxylation is 1. The number of rotatable bonds is 6. The number of nitrogens with one attached hydrogen (secondary N) is 1. The number of benzene rings is 2. The molecule has 0 radical (unpaired) electrons. The molecule has 2 rings (SSSR count). The average molecular weight is 384 g/mol. The number of halogens is 1. The Balaban J connectivity index is 1.90. The van der Waals surface area contributed by atoms with Crippen LogP contribution in [0.5, 0.6) is 5.75 Å². The SMILES string of the molecule is Cc1cccc(OCCNS(=O)(=O)c2ccc(Br)cc2)c1C. The van der Waals surface area contributed by atoms with E-state index in [1.807, 2.05) is 32.0 Å². The summed E-state index contributed by atoms with van der Waals surface area (Å²) in [6, 6.07) is 12.3. The summed E-state index contributed by atoms with van der Waals surface area (Å²) < 4.78 is 33.2. The lowest BCUT2D eigenvalue weighted by molar-refractivity contribution is 0.320. The summed E-state index contributed by atoms with van der Waals surface area (Å²) in [5.41, 5.74) is 2.21. The van der Waals surface area contributed by atoms with Gasteiger partial charge in [0.2, 0.25) is 10.0 Å². The van der Waals surface area contributed by atoms with Crippen molar-refractivity contribution in [1.82, 2.24) is 4.72 Å². The van der Waals surface area contributed by atoms with E-state index >= 15 is 0 Å². The second-order valence-electron chi connectivity index (χ2n) is 4.90. The minimum atomic E-state index is -3.50. The van der Waals surface area contributed by atoms with Crippen molar-refractivity contribution in [2.75, 3.05) is 13.2 Å². The monoisotopic (exact) mass is 383 g/mol. The maximum Gasteiger partial charge on any atom is 0.240 e.